The van der Waals surface area contributed by atoms with E-state index >= 15 is 0 Å². The van der Waals surface area contributed by atoms with Crippen LogP contribution in [-0.2, 0) is 24.8 Å². The molecule has 7 heteroatoms. The van der Waals surface area contributed by atoms with E-state index in [1.165, 1.54) is 31.4 Å². The van der Waals surface area contributed by atoms with Crippen molar-refractivity contribution in [3.8, 4) is 0 Å². The van der Waals surface area contributed by atoms with Gasteiger partial charge in [0.15, 0.2) is 0 Å². The van der Waals surface area contributed by atoms with Crippen molar-refractivity contribution in [1.29, 1.82) is 0 Å². The van der Waals surface area contributed by atoms with Gasteiger partial charge in [-0.3, -0.25) is 18.7 Å². The minimum absolute atomic E-state index is 0.171. The highest BCUT2D eigenvalue weighted by atomic mass is 19.1. The Hall–Kier alpha value is -2.70. The van der Waals surface area contributed by atoms with Crippen LogP contribution in [0.4, 0.5) is 4.39 Å². The number of halogens is 1. The van der Waals surface area contributed by atoms with Crippen molar-refractivity contribution in [2.45, 2.75) is 13.0 Å². The second kappa shape index (κ2) is 6.84. The van der Waals surface area contributed by atoms with E-state index in [4.69, 9.17) is 0 Å². The average molecular weight is 305 g/mol. The maximum atomic E-state index is 13.0. The largest absolute Gasteiger partial charge is 0.354 e. The summed E-state index contributed by atoms with van der Waals surface area (Å²) in [5, 5.41) is 2.65. The summed E-state index contributed by atoms with van der Waals surface area (Å²) in [6.45, 7) is 0.166. The van der Waals surface area contributed by atoms with Crippen molar-refractivity contribution in [3.05, 3.63) is 68.7 Å². The summed E-state index contributed by atoms with van der Waals surface area (Å²) >= 11 is 0. The molecule has 1 aromatic carbocycles. The van der Waals surface area contributed by atoms with Crippen molar-refractivity contribution < 1.29 is 9.18 Å². The predicted molar refractivity (Wildman–Crippen MR) is 79.1 cm³/mol. The number of aromatic nitrogens is 2. The summed E-state index contributed by atoms with van der Waals surface area (Å²) in [5.74, 6) is -0.669. The van der Waals surface area contributed by atoms with Gasteiger partial charge in [0.2, 0.25) is 5.91 Å². The minimum atomic E-state index is -0.548. The highest BCUT2D eigenvalue weighted by Crippen LogP contribution is 2.03. The molecule has 116 valence electrons. The molecular weight excluding hydrogens is 289 g/mol. The smallest absolute Gasteiger partial charge is 0.331 e. The van der Waals surface area contributed by atoms with Crippen molar-refractivity contribution in [3.63, 3.8) is 0 Å². The van der Waals surface area contributed by atoms with E-state index < -0.39 is 11.2 Å². The zero-order chi connectivity index (χ0) is 16.1. The van der Waals surface area contributed by atoms with E-state index in [1.807, 2.05) is 0 Å². The van der Waals surface area contributed by atoms with Gasteiger partial charge in [0.25, 0.3) is 5.56 Å². The SMILES string of the molecule is Cn1c(=O)ccn(CC(=O)NCCc2cccc(F)c2)c1=O. The lowest BCUT2D eigenvalue weighted by Gasteiger charge is -2.08. The van der Waals surface area contributed by atoms with Gasteiger partial charge in [-0.1, -0.05) is 12.1 Å². The molecule has 0 saturated carbocycles. The highest BCUT2D eigenvalue weighted by molar-refractivity contribution is 5.75. The third-order valence-corrected chi connectivity index (χ3v) is 3.20. The lowest BCUT2D eigenvalue weighted by Crippen LogP contribution is -2.40. The van der Waals surface area contributed by atoms with Gasteiger partial charge < -0.3 is 5.32 Å². The van der Waals surface area contributed by atoms with Gasteiger partial charge in [-0.2, -0.15) is 0 Å². The van der Waals surface area contributed by atoms with E-state index in [9.17, 15) is 18.8 Å². The summed E-state index contributed by atoms with van der Waals surface area (Å²) in [4.78, 5) is 34.8. The Labute approximate surface area is 125 Å². The van der Waals surface area contributed by atoms with Crippen LogP contribution < -0.4 is 16.6 Å². The van der Waals surface area contributed by atoms with Crippen molar-refractivity contribution in [2.75, 3.05) is 6.54 Å². The average Bonchev–Trinajstić information content (AvgIpc) is 2.48. The molecule has 0 atom stereocenters. The Bertz CT molecular complexity index is 795. The fourth-order valence-corrected chi connectivity index (χ4v) is 1.99. The van der Waals surface area contributed by atoms with Crippen LogP contribution in [-0.4, -0.2) is 21.6 Å². The molecule has 0 saturated heterocycles. The van der Waals surface area contributed by atoms with Crippen LogP contribution in [0.2, 0.25) is 0 Å². The molecule has 2 rings (SSSR count). The van der Waals surface area contributed by atoms with E-state index in [0.717, 1.165) is 14.7 Å². The molecule has 22 heavy (non-hydrogen) atoms. The van der Waals surface area contributed by atoms with Crippen LogP contribution in [0.15, 0.2) is 46.1 Å². The number of rotatable bonds is 5. The molecule has 0 bridgehead atoms. The molecule has 1 aromatic heterocycles. The zero-order valence-electron chi connectivity index (χ0n) is 12.1. The summed E-state index contributed by atoms with van der Waals surface area (Å²) in [5.41, 5.74) is -0.194. The number of carbonyl (C=O) groups is 1. The number of carbonyl (C=O) groups excluding carboxylic acids is 1. The van der Waals surface area contributed by atoms with Crippen molar-refractivity contribution >= 4 is 5.91 Å². The number of amides is 1. The molecule has 0 aliphatic rings. The molecule has 2 aromatic rings. The monoisotopic (exact) mass is 305 g/mol. The molecule has 6 nitrogen and oxygen atoms in total. The Balaban J connectivity index is 1.90. The van der Waals surface area contributed by atoms with Gasteiger partial charge in [-0.05, 0) is 24.1 Å². The van der Waals surface area contributed by atoms with E-state index in [-0.39, 0.29) is 18.3 Å². The first-order valence-electron chi connectivity index (χ1n) is 6.75. The second-order valence-corrected chi connectivity index (χ2v) is 4.85. The van der Waals surface area contributed by atoms with Gasteiger partial charge in [-0.25, -0.2) is 9.18 Å². The number of hydrogen-bond donors (Lipinski definition) is 1. The minimum Gasteiger partial charge on any atom is -0.354 e. The van der Waals surface area contributed by atoms with Gasteiger partial charge in [0, 0.05) is 25.9 Å². The molecule has 0 aliphatic heterocycles. The molecule has 1 N–H and O–H groups in total. The summed E-state index contributed by atoms with van der Waals surface area (Å²) in [7, 11) is 1.35. The first-order valence-corrected chi connectivity index (χ1v) is 6.75. The van der Waals surface area contributed by atoms with Crippen LogP contribution in [0.5, 0.6) is 0 Å². The maximum Gasteiger partial charge on any atom is 0.331 e. The zero-order valence-corrected chi connectivity index (χ0v) is 12.1. The number of benzene rings is 1. The molecule has 0 radical (unpaired) electrons. The highest BCUT2D eigenvalue weighted by Gasteiger charge is 2.06. The predicted octanol–water partition coefficient (Wildman–Crippen LogP) is 0.0450. The summed E-state index contributed by atoms with van der Waals surface area (Å²) in [6, 6.07) is 7.36. The van der Waals surface area contributed by atoms with E-state index in [0.29, 0.717) is 13.0 Å². The first-order chi connectivity index (χ1) is 10.5. The van der Waals surface area contributed by atoms with Crippen molar-refractivity contribution in [2.24, 2.45) is 7.05 Å². The normalized spacial score (nSPS) is 10.5. The van der Waals surface area contributed by atoms with Crippen LogP contribution >= 0.6 is 0 Å². The van der Waals surface area contributed by atoms with E-state index in [2.05, 4.69) is 5.32 Å². The Morgan fingerprint density at radius 2 is 2.05 bits per heavy atom. The van der Waals surface area contributed by atoms with Gasteiger partial charge >= 0.3 is 5.69 Å². The van der Waals surface area contributed by atoms with Crippen molar-refractivity contribution in [1.82, 2.24) is 14.5 Å². The summed E-state index contributed by atoms with van der Waals surface area (Å²) in [6.07, 6.45) is 1.78. The van der Waals surface area contributed by atoms with Crippen LogP contribution in [0.1, 0.15) is 5.56 Å². The fourth-order valence-electron chi connectivity index (χ4n) is 1.99. The second-order valence-electron chi connectivity index (χ2n) is 4.85. The van der Waals surface area contributed by atoms with Gasteiger partial charge in [-0.15, -0.1) is 0 Å². The van der Waals surface area contributed by atoms with Gasteiger partial charge in [0.1, 0.15) is 12.4 Å². The molecule has 0 fully saturated rings. The quantitative estimate of drug-likeness (QED) is 0.848. The molecular formula is C15H16FN3O3. The van der Waals surface area contributed by atoms with Crippen LogP contribution in [0.25, 0.3) is 0 Å². The Morgan fingerprint density at radius 3 is 2.77 bits per heavy atom. The lowest BCUT2D eigenvalue weighted by molar-refractivity contribution is -0.121. The molecule has 0 aliphatic carbocycles. The third-order valence-electron chi connectivity index (χ3n) is 3.20. The molecule has 0 unspecified atom stereocenters. The topological polar surface area (TPSA) is 73.1 Å². The number of hydrogen-bond acceptors (Lipinski definition) is 3. The molecule has 0 spiro atoms. The standard InChI is InChI=1S/C15H16FN3O3/c1-18-14(21)6-8-19(15(18)22)10-13(20)17-7-5-11-3-2-4-12(16)9-11/h2-4,6,8-9H,5,7,10H2,1H3,(H,17,20). The van der Waals surface area contributed by atoms with Gasteiger partial charge in [0.05, 0.1) is 0 Å². The number of nitrogens with one attached hydrogen (secondary N) is 1. The fraction of sp³-hybridized carbons (Fsp3) is 0.267. The molecule has 1 amide bonds. The number of nitrogens with zero attached hydrogens (tertiary/aromatic N) is 2. The van der Waals surface area contributed by atoms with E-state index in [1.54, 1.807) is 12.1 Å². The van der Waals surface area contributed by atoms with Crippen LogP contribution in [0.3, 0.4) is 0 Å². The molecule has 1 heterocycles. The lowest BCUT2D eigenvalue weighted by atomic mass is 10.1. The maximum absolute atomic E-state index is 13.0. The summed E-state index contributed by atoms with van der Waals surface area (Å²) < 4.78 is 15.1. The first kappa shape index (κ1) is 15.7. The third kappa shape index (κ3) is 3.91. The van der Waals surface area contributed by atoms with Crippen LogP contribution in [0, 0.1) is 5.82 Å². The Kier molecular flexibility index (Phi) is 4.88. The Morgan fingerprint density at radius 1 is 1.27 bits per heavy atom.